The second-order valence-corrected chi connectivity index (χ2v) is 6.09. The molecule has 104 valence electrons. The van der Waals surface area contributed by atoms with Crippen LogP contribution < -0.4 is 10.6 Å². The number of benzene rings is 1. The Kier molecular flexibility index (Phi) is 6.27. The number of rotatable bonds is 5. The van der Waals surface area contributed by atoms with E-state index in [9.17, 15) is 9.59 Å². The van der Waals surface area contributed by atoms with Crippen LogP contribution in [-0.2, 0) is 4.79 Å². The topological polar surface area (TPSA) is 58.2 Å². The molecular formula is C14H19IN2O2. The van der Waals surface area contributed by atoms with E-state index in [-0.39, 0.29) is 11.8 Å². The molecule has 0 fully saturated rings. The van der Waals surface area contributed by atoms with Gasteiger partial charge < -0.3 is 10.6 Å². The van der Waals surface area contributed by atoms with Crippen LogP contribution >= 0.6 is 22.6 Å². The van der Waals surface area contributed by atoms with Crippen molar-refractivity contribution in [3.63, 3.8) is 0 Å². The largest absolute Gasteiger partial charge is 0.354 e. The summed E-state index contributed by atoms with van der Waals surface area (Å²) in [5.74, 6) is 0.000874. The lowest BCUT2D eigenvalue weighted by molar-refractivity contribution is -0.122. The van der Waals surface area contributed by atoms with E-state index >= 15 is 0 Å². The first-order chi connectivity index (χ1) is 8.90. The maximum atomic E-state index is 12.0. The van der Waals surface area contributed by atoms with Gasteiger partial charge in [0, 0.05) is 15.7 Å². The second-order valence-electron chi connectivity index (χ2n) is 4.84. The monoisotopic (exact) mass is 374 g/mol. The summed E-state index contributed by atoms with van der Waals surface area (Å²) >= 11 is 2.15. The molecule has 0 aliphatic heterocycles. The van der Waals surface area contributed by atoms with E-state index in [0.717, 1.165) is 3.57 Å². The maximum absolute atomic E-state index is 12.0. The Bertz CT molecular complexity index is 461. The van der Waals surface area contributed by atoms with Crippen LogP contribution in [-0.4, -0.2) is 24.4 Å². The number of halogens is 1. The zero-order valence-electron chi connectivity index (χ0n) is 11.4. The molecule has 1 unspecified atom stereocenters. The van der Waals surface area contributed by atoms with Crippen molar-refractivity contribution in [1.82, 2.24) is 10.6 Å². The average Bonchev–Trinajstić information content (AvgIpc) is 2.35. The minimum atomic E-state index is -0.538. The molecule has 0 saturated carbocycles. The first kappa shape index (κ1) is 15.9. The summed E-state index contributed by atoms with van der Waals surface area (Å²) < 4.78 is 0.988. The predicted octanol–water partition coefficient (Wildman–Crippen LogP) is 2.18. The third-order valence-corrected chi connectivity index (χ3v) is 3.18. The van der Waals surface area contributed by atoms with Gasteiger partial charge in [-0.1, -0.05) is 19.9 Å². The lowest BCUT2D eigenvalue weighted by Crippen LogP contribution is -2.45. The first-order valence-corrected chi connectivity index (χ1v) is 7.32. The molecule has 0 heterocycles. The van der Waals surface area contributed by atoms with Crippen LogP contribution in [0.25, 0.3) is 0 Å². The second kappa shape index (κ2) is 7.47. The molecule has 4 nitrogen and oxygen atoms in total. The van der Waals surface area contributed by atoms with Gasteiger partial charge in [-0.15, -0.1) is 0 Å². The molecule has 0 aliphatic carbocycles. The van der Waals surface area contributed by atoms with Gasteiger partial charge in [0.05, 0.1) is 0 Å². The Hall–Kier alpha value is -1.11. The third-order valence-electron chi connectivity index (χ3n) is 2.51. The lowest BCUT2D eigenvalue weighted by atomic mass is 10.2. The normalized spacial score (nSPS) is 12.1. The van der Waals surface area contributed by atoms with Gasteiger partial charge in [0.2, 0.25) is 5.91 Å². The van der Waals surface area contributed by atoms with Crippen molar-refractivity contribution in [1.29, 1.82) is 0 Å². The lowest BCUT2D eigenvalue weighted by Gasteiger charge is -2.15. The molecule has 1 rings (SSSR count). The fraction of sp³-hybridized carbons (Fsp3) is 0.429. The van der Waals surface area contributed by atoms with Gasteiger partial charge in [0.1, 0.15) is 6.04 Å². The molecular weight excluding hydrogens is 355 g/mol. The molecule has 1 aromatic rings. The Morgan fingerprint density at radius 1 is 1.26 bits per heavy atom. The number of amides is 2. The van der Waals surface area contributed by atoms with Crippen LogP contribution in [0, 0.1) is 9.49 Å². The Morgan fingerprint density at radius 2 is 1.95 bits per heavy atom. The van der Waals surface area contributed by atoms with E-state index < -0.39 is 6.04 Å². The smallest absolute Gasteiger partial charge is 0.251 e. The van der Waals surface area contributed by atoms with Gasteiger partial charge in [-0.2, -0.15) is 0 Å². The highest BCUT2D eigenvalue weighted by atomic mass is 127. The number of hydrogen-bond donors (Lipinski definition) is 2. The average molecular weight is 374 g/mol. The SMILES string of the molecule is CC(C)CNC(=O)C(C)NC(=O)c1cccc(I)c1. The highest BCUT2D eigenvalue weighted by Gasteiger charge is 2.16. The predicted molar refractivity (Wildman–Crippen MR) is 83.9 cm³/mol. The Morgan fingerprint density at radius 3 is 2.53 bits per heavy atom. The first-order valence-electron chi connectivity index (χ1n) is 6.24. The van der Waals surface area contributed by atoms with Crippen LogP contribution in [0.2, 0.25) is 0 Å². The van der Waals surface area contributed by atoms with Gasteiger partial charge in [-0.3, -0.25) is 9.59 Å². The van der Waals surface area contributed by atoms with E-state index in [1.807, 2.05) is 26.0 Å². The maximum Gasteiger partial charge on any atom is 0.251 e. The molecule has 0 aromatic heterocycles. The molecule has 0 bridgehead atoms. The number of carbonyl (C=O) groups excluding carboxylic acids is 2. The minimum Gasteiger partial charge on any atom is -0.354 e. The molecule has 1 aromatic carbocycles. The number of carbonyl (C=O) groups is 2. The van der Waals surface area contributed by atoms with Crippen molar-refractivity contribution in [2.45, 2.75) is 26.8 Å². The van der Waals surface area contributed by atoms with Crippen molar-refractivity contribution in [3.05, 3.63) is 33.4 Å². The summed E-state index contributed by atoms with van der Waals surface area (Å²) in [6.45, 7) is 6.34. The van der Waals surface area contributed by atoms with Crippen LogP contribution in [0.4, 0.5) is 0 Å². The van der Waals surface area contributed by atoms with Crippen LogP contribution in [0.3, 0.4) is 0 Å². The number of hydrogen-bond acceptors (Lipinski definition) is 2. The summed E-state index contributed by atoms with van der Waals surface area (Å²) in [6, 6.07) is 6.71. The quantitative estimate of drug-likeness (QED) is 0.777. The summed E-state index contributed by atoms with van der Waals surface area (Å²) in [6.07, 6.45) is 0. The van der Waals surface area contributed by atoms with Crippen molar-refractivity contribution < 1.29 is 9.59 Å². The highest BCUT2D eigenvalue weighted by Crippen LogP contribution is 2.07. The highest BCUT2D eigenvalue weighted by molar-refractivity contribution is 14.1. The molecule has 5 heteroatoms. The van der Waals surface area contributed by atoms with Crippen molar-refractivity contribution in [2.75, 3.05) is 6.54 Å². The van der Waals surface area contributed by atoms with E-state index in [0.29, 0.717) is 18.0 Å². The molecule has 0 radical (unpaired) electrons. The zero-order valence-corrected chi connectivity index (χ0v) is 13.5. The van der Waals surface area contributed by atoms with E-state index in [1.54, 1.807) is 19.1 Å². The molecule has 2 amide bonds. The van der Waals surface area contributed by atoms with Crippen molar-refractivity contribution >= 4 is 34.4 Å². The van der Waals surface area contributed by atoms with E-state index in [1.165, 1.54) is 0 Å². The molecule has 0 spiro atoms. The number of nitrogens with one attached hydrogen (secondary N) is 2. The van der Waals surface area contributed by atoms with Gasteiger partial charge in [-0.05, 0) is 53.6 Å². The van der Waals surface area contributed by atoms with Crippen LogP contribution in [0.5, 0.6) is 0 Å². The fourth-order valence-electron chi connectivity index (χ4n) is 1.43. The fourth-order valence-corrected chi connectivity index (χ4v) is 1.98. The molecule has 0 saturated heterocycles. The third kappa shape index (κ3) is 5.59. The summed E-state index contributed by atoms with van der Waals surface area (Å²) in [7, 11) is 0. The standard InChI is InChI=1S/C14H19IN2O2/c1-9(2)8-16-13(18)10(3)17-14(19)11-5-4-6-12(15)7-11/h4-7,9-10H,8H2,1-3H3,(H,16,18)(H,17,19). The Labute approximate surface area is 127 Å². The van der Waals surface area contributed by atoms with Gasteiger partial charge in [-0.25, -0.2) is 0 Å². The molecule has 1 atom stereocenters. The van der Waals surface area contributed by atoms with Gasteiger partial charge in [0.15, 0.2) is 0 Å². The van der Waals surface area contributed by atoms with Crippen LogP contribution in [0.15, 0.2) is 24.3 Å². The summed E-state index contributed by atoms with van der Waals surface area (Å²) in [4.78, 5) is 23.7. The molecule has 0 aliphatic rings. The zero-order chi connectivity index (χ0) is 14.4. The summed E-state index contributed by atoms with van der Waals surface area (Å²) in [5.41, 5.74) is 0.565. The summed E-state index contributed by atoms with van der Waals surface area (Å²) in [5, 5.41) is 5.49. The molecule has 19 heavy (non-hydrogen) atoms. The van der Waals surface area contributed by atoms with Gasteiger partial charge >= 0.3 is 0 Å². The molecule has 2 N–H and O–H groups in total. The van der Waals surface area contributed by atoms with Crippen molar-refractivity contribution in [2.24, 2.45) is 5.92 Å². The van der Waals surface area contributed by atoms with Gasteiger partial charge in [0.25, 0.3) is 5.91 Å². The minimum absolute atomic E-state index is 0.160. The Balaban J connectivity index is 2.54. The van der Waals surface area contributed by atoms with E-state index in [2.05, 4.69) is 33.2 Å². The van der Waals surface area contributed by atoms with Crippen molar-refractivity contribution in [3.8, 4) is 0 Å². The van der Waals surface area contributed by atoms with Crippen LogP contribution in [0.1, 0.15) is 31.1 Å². The van der Waals surface area contributed by atoms with E-state index in [4.69, 9.17) is 0 Å².